The Kier molecular flexibility index (Phi) is 5.52. The van der Waals surface area contributed by atoms with Crippen molar-refractivity contribution in [3.8, 4) is 0 Å². The highest BCUT2D eigenvalue weighted by Gasteiger charge is 2.30. The lowest BCUT2D eigenvalue weighted by Gasteiger charge is -2.39. The van der Waals surface area contributed by atoms with Crippen molar-refractivity contribution in [3.05, 3.63) is 29.6 Å². The highest BCUT2D eigenvalue weighted by atomic mass is 16.5. The Morgan fingerprint density at radius 1 is 1.45 bits per heavy atom. The van der Waals surface area contributed by atoms with E-state index in [9.17, 15) is 0 Å². The van der Waals surface area contributed by atoms with Crippen LogP contribution in [0.3, 0.4) is 0 Å². The van der Waals surface area contributed by atoms with E-state index in [-0.39, 0.29) is 5.60 Å². The number of likely N-dealkylation sites (tertiary alicyclic amines) is 1. The predicted octanol–water partition coefficient (Wildman–Crippen LogP) is 2.19. The molecule has 0 spiro atoms. The van der Waals surface area contributed by atoms with Gasteiger partial charge < -0.3 is 10.1 Å². The van der Waals surface area contributed by atoms with E-state index in [0.717, 1.165) is 44.8 Å². The van der Waals surface area contributed by atoms with Crippen LogP contribution in [0.2, 0.25) is 0 Å². The van der Waals surface area contributed by atoms with Crippen molar-refractivity contribution in [1.82, 2.24) is 15.2 Å². The van der Waals surface area contributed by atoms with Gasteiger partial charge in [-0.05, 0) is 44.5 Å². The van der Waals surface area contributed by atoms with Crippen molar-refractivity contribution in [3.63, 3.8) is 0 Å². The number of nitrogens with one attached hydrogen (secondary N) is 1. The largest absolute Gasteiger partial charge is 0.377 e. The molecule has 1 saturated heterocycles. The smallest absolute Gasteiger partial charge is 0.0777 e. The Balaban J connectivity index is 1.89. The second-order valence-corrected chi connectivity index (χ2v) is 5.91. The highest BCUT2D eigenvalue weighted by Crippen LogP contribution is 2.24. The summed E-state index contributed by atoms with van der Waals surface area (Å²) in [4.78, 5) is 7.02. The highest BCUT2D eigenvalue weighted by molar-refractivity contribution is 5.14. The van der Waals surface area contributed by atoms with Gasteiger partial charge in [0.2, 0.25) is 0 Å². The van der Waals surface area contributed by atoms with Gasteiger partial charge >= 0.3 is 0 Å². The molecule has 0 saturated carbocycles. The van der Waals surface area contributed by atoms with Crippen molar-refractivity contribution in [2.75, 3.05) is 26.7 Å². The van der Waals surface area contributed by atoms with Gasteiger partial charge in [-0.3, -0.25) is 9.88 Å². The quantitative estimate of drug-likeness (QED) is 0.865. The van der Waals surface area contributed by atoms with Crippen LogP contribution in [0.1, 0.15) is 37.9 Å². The number of aromatic nitrogens is 1. The first-order valence-electron chi connectivity index (χ1n) is 7.57. The molecule has 2 heterocycles. The third kappa shape index (κ3) is 4.27. The fourth-order valence-corrected chi connectivity index (χ4v) is 2.76. The zero-order chi connectivity index (χ0) is 14.4. The van der Waals surface area contributed by atoms with Gasteiger partial charge in [0.25, 0.3) is 0 Å². The van der Waals surface area contributed by atoms with Gasteiger partial charge in [0.15, 0.2) is 0 Å². The van der Waals surface area contributed by atoms with E-state index in [4.69, 9.17) is 4.74 Å². The number of piperidine rings is 1. The lowest BCUT2D eigenvalue weighted by atomic mass is 9.94. The number of nitrogens with zero attached hydrogens (tertiary/aromatic N) is 2. The summed E-state index contributed by atoms with van der Waals surface area (Å²) >= 11 is 0. The Morgan fingerprint density at radius 3 is 2.95 bits per heavy atom. The van der Waals surface area contributed by atoms with E-state index < -0.39 is 0 Å². The minimum absolute atomic E-state index is 0.00321. The van der Waals surface area contributed by atoms with Crippen LogP contribution in [0.25, 0.3) is 0 Å². The lowest BCUT2D eigenvalue weighted by Crippen LogP contribution is -2.46. The maximum atomic E-state index is 5.64. The fourth-order valence-electron chi connectivity index (χ4n) is 2.76. The molecule has 1 N–H and O–H groups in total. The van der Waals surface area contributed by atoms with E-state index in [1.807, 2.05) is 13.3 Å². The molecule has 0 amide bonds. The molecule has 0 aliphatic carbocycles. The summed E-state index contributed by atoms with van der Waals surface area (Å²) in [7, 11) is 1.82. The summed E-state index contributed by atoms with van der Waals surface area (Å²) in [5.74, 6) is 0. The molecule has 0 aromatic carbocycles. The lowest BCUT2D eigenvalue weighted by molar-refractivity contribution is -0.0529. The summed E-state index contributed by atoms with van der Waals surface area (Å²) in [5, 5.41) is 3.32. The molecule has 1 atom stereocenters. The minimum atomic E-state index is 0.00321. The number of hydrogen-bond donors (Lipinski definition) is 1. The zero-order valence-electron chi connectivity index (χ0n) is 13.0. The summed E-state index contributed by atoms with van der Waals surface area (Å²) in [6, 6.07) is 4.32. The van der Waals surface area contributed by atoms with Crippen LogP contribution in [0.15, 0.2) is 18.3 Å². The Labute approximate surface area is 122 Å². The summed E-state index contributed by atoms with van der Waals surface area (Å²) in [6.07, 6.45) is 4.33. The van der Waals surface area contributed by atoms with Gasteiger partial charge in [-0.15, -0.1) is 0 Å². The molecule has 1 unspecified atom stereocenters. The number of methoxy groups -OCH3 is 1. The first-order valence-corrected chi connectivity index (χ1v) is 7.57. The van der Waals surface area contributed by atoms with Gasteiger partial charge in [0.1, 0.15) is 0 Å². The topological polar surface area (TPSA) is 37.4 Å². The van der Waals surface area contributed by atoms with Gasteiger partial charge in [0.05, 0.1) is 11.3 Å². The van der Waals surface area contributed by atoms with Crippen LogP contribution >= 0.6 is 0 Å². The maximum Gasteiger partial charge on any atom is 0.0777 e. The van der Waals surface area contributed by atoms with Gasteiger partial charge in [-0.25, -0.2) is 0 Å². The van der Waals surface area contributed by atoms with Crippen LogP contribution in [0.4, 0.5) is 0 Å². The van der Waals surface area contributed by atoms with Gasteiger partial charge in [0, 0.05) is 32.9 Å². The predicted molar refractivity (Wildman–Crippen MR) is 81.5 cm³/mol. The van der Waals surface area contributed by atoms with E-state index >= 15 is 0 Å². The SMILES string of the molecule is CCNCc1ccc(CN2CCCC(C)(OC)C2)nc1. The average molecular weight is 277 g/mol. The first-order chi connectivity index (χ1) is 9.65. The normalized spacial score (nSPS) is 23.9. The molecule has 1 fully saturated rings. The maximum absolute atomic E-state index is 5.64. The van der Waals surface area contributed by atoms with Crippen LogP contribution < -0.4 is 5.32 Å². The summed E-state index contributed by atoms with van der Waals surface area (Å²) in [5.41, 5.74) is 2.39. The van der Waals surface area contributed by atoms with Gasteiger partial charge in [-0.2, -0.15) is 0 Å². The molecular formula is C16H27N3O. The van der Waals surface area contributed by atoms with Crippen LogP contribution in [0.5, 0.6) is 0 Å². The molecule has 4 heteroatoms. The van der Waals surface area contributed by atoms with E-state index in [1.165, 1.54) is 12.0 Å². The second-order valence-electron chi connectivity index (χ2n) is 5.91. The number of pyridine rings is 1. The molecule has 1 aliphatic heterocycles. The third-order valence-electron chi connectivity index (χ3n) is 4.08. The molecule has 1 aliphatic rings. The molecule has 112 valence electrons. The summed E-state index contributed by atoms with van der Waals surface area (Å²) in [6.45, 7) is 9.25. The third-order valence-corrected chi connectivity index (χ3v) is 4.08. The average Bonchev–Trinajstić information content (AvgIpc) is 2.47. The number of rotatable bonds is 6. The molecule has 1 aromatic rings. The zero-order valence-corrected chi connectivity index (χ0v) is 13.0. The van der Waals surface area contributed by atoms with E-state index in [1.54, 1.807) is 0 Å². The van der Waals surface area contributed by atoms with Crippen molar-refractivity contribution < 1.29 is 4.74 Å². The van der Waals surface area contributed by atoms with Crippen LogP contribution in [0, 0.1) is 0 Å². The van der Waals surface area contributed by atoms with Crippen LogP contribution in [-0.4, -0.2) is 42.2 Å². The molecule has 0 bridgehead atoms. The standard InChI is InChI=1S/C16H27N3O/c1-4-17-10-14-6-7-15(18-11-14)12-19-9-5-8-16(2,13-19)20-3/h6-7,11,17H,4-5,8-10,12-13H2,1-3H3. The van der Waals surface area contributed by atoms with Crippen molar-refractivity contribution >= 4 is 0 Å². The molecular weight excluding hydrogens is 250 g/mol. The molecule has 2 rings (SSSR count). The van der Waals surface area contributed by atoms with E-state index in [0.29, 0.717) is 0 Å². The first kappa shape index (κ1) is 15.4. The molecule has 20 heavy (non-hydrogen) atoms. The number of ether oxygens (including phenoxy) is 1. The Morgan fingerprint density at radius 2 is 2.30 bits per heavy atom. The van der Waals surface area contributed by atoms with Gasteiger partial charge in [-0.1, -0.05) is 13.0 Å². The Bertz CT molecular complexity index is 407. The van der Waals surface area contributed by atoms with E-state index in [2.05, 4.69) is 41.2 Å². The monoisotopic (exact) mass is 277 g/mol. The molecule has 0 radical (unpaired) electrons. The number of hydrogen-bond acceptors (Lipinski definition) is 4. The van der Waals surface area contributed by atoms with Crippen molar-refractivity contribution in [1.29, 1.82) is 0 Å². The second kappa shape index (κ2) is 7.16. The Hall–Kier alpha value is -0.970. The fraction of sp³-hybridized carbons (Fsp3) is 0.688. The van der Waals surface area contributed by atoms with Crippen LogP contribution in [-0.2, 0) is 17.8 Å². The molecule has 4 nitrogen and oxygen atoms in total. The van der Waals surface area contributed by atoms with Crippen molar-refractivity contribution in [2.24, 2.45) is 0 Å². The minimum Gasteiger partial charge on any atom is -0.377 e. The summed E-state index contributed by atoms with van der Waals surface area (Å²) < 4.78 is 5.64. The van der Waals surface area contributed by atoms with Crippen molar-refractivity contribution in [2.45, 2.75) is 45.4 Å². The molecule has 1 aromatic heterocycles.